The first-order valence-corrected chi connectivity index (χ1v) is 10.6. The number of hydrogen-bond acceptors (Lipinski definition) is 3. The number of ether oxygens (including phenoxy) is 1. The van der Waals surface area contributed by atoms with Crippen LogP contribution in [0.2, 0.25) is 5.02 Å². The molecular weight excluding hydrogens is 477 g/mol. The van der Waals surface area contributed by atoms with Crippen molar-refractivity contribution in [2.45, 2.75) is 27.2 Å². The maximum atomic E-state index is 12.1. The standard InChI is InChI=1S/C21H27BrClN3O2.ClH/c1-4-26(5-2)17-8-9-19(15(3)13-17)25-21(27)24-11-6-12-28-20-10-7-16(22)14-18(20)23;/h7-10,13-14H,4-6,11-12H2,1-3H3,(H2,24,25,27);1H/p-1. The minimum atomic E-state index is -0.222. The van der Waals surface area contributed by atoms with E-state index in [9.17, 15) is 4.79 Å². The molecule has 0 unspecified atom stereocenters. The number of aryl methyl sites for hydroxylation is 1. The van der Waals surface area contributed by atoms with Gasteiger partial charge in [0.2, 0.25) is 0 Å². The van der Waals surface area contributed by atoms with Crippen molar-refractivity contribution in [3.8, 4) is 5.75 Å². The quantitative estimate of drug-likeness (QED) is 0.517. The molecule has 5 nitrogen and oxygen atoms in total. The van der Waals surface area contributed by atoms with Crippen LogP contribution >= 0.6 is 27.5 Å². The van der Waals surface area contributed by atoms with Gasteiger partial charge in [0.1, 0.15) is 5.75 Å². The second kappa shape index (κ2) is 12.8. The molecule has 0 saturated heterocycles. The van der Waals surface area contributed by atoms with Crippen molar-refractivity contribution in [3.05, 3.63) is 51.5 Å². The Morgan fingerprint density at radius 2 is 1.90 bits per heavy atom. The third-order valence-electron chi connectivity index (χ3n) is 4.34. The second-order valence-corrected chi connectivity index (χ2v) is 7.65. The van der Waals surface area contributed by atoms with Crippen molar-refractivity contribution < 1.29 is 21.9 Å². The Morgan fingerprint density at radius 1 is 1.17 bits per heavy atom. The lowest BCUT2D eigenvalue weighted by molar-refractivity contribution is -0.00000930. The Bertz CT molecular complexity index is 801. The molecule has 2 rings (SSSR count). The zero-order valence-electron chi connectivity index (χ0n) is 16.9. The van der Waals surface area contributed by atoms with Crippen molar-refractivity contribution >= 4 is 44.9 Å². The summed E-state index contributed by atoms with van der Waals surface area (Å²) in [5, 5.41) is 6.31. The summed E-state index contributed by atoms with van der Waals surface area (Å²) in [7, 11) is 0. The Hall–Kier alpha value is -1.63. The summed E-state index contributed by atoms with van der Waals surface area (Å²) in [4.78, 5) is 14.4. The van der Waals surface area contributed by atoms with Crippen LogP contribution in [0.15, 0.2) is 40.9 Å². The largest absolute Gasteiger partial charge is 1.00 e. The molecule has 0 heterocycles. The first-order chi connectivity index (χ1) is 13.4. The number of hydrogen-bond donors (Lipinski definition) is 2. The molecule has 0 spiro atoms. The van der Waals surface area contributed by atoms with E-state index < -0.39 is 0 Å². The van der Waals surface area contributed by atoms with Gasteiger partial charge in [0.15, 0.2) is 0 Å². The minimum Gasteiger partial charge on any atom is -1.00 e. The number of urea groups is 1. The van der Waals surface area contributed by atoms with Crippen LogP contribution in [-0.2, 0) is 0 Å². The summed E-state index contributed by atoms with van der Waals surface area (Å²) in [5.41, 5.74) is 3.01. The molecular formula is C21H27BrCl2N3O2-. The third kappa shape index (κ3) is 7.96. The topological polar surface area (TPSA) is 53.6 Å². The van der Waals surface area contributed by atoms with Gasteiger partial charge in [0.25, 0.3) is 0 Å². The minimum absolute atomic E-state index is 0. The lowest BCUT2D eigenvalue weighted by Crippen LogP contribution is -3.00. The molecule has 0 atom stereocenters. The zero-order chi connectivity index (χ0) is 20.5. The van der Waals surface area contributed by atoms with Crippen LogP contribution < -0.4 is 32.7 Å². The molecule has 0 radical (unpaired) electrons. The van der Waals surface area contributed by atoms with E-state index >= 15 is 0 Å². The molecule has 29 heavy (non-hydrogen) atoms. The SMILES string of the molecule is CCN(CC)c1ccc(NC(=O)NCCCOc2ccc(Br)cc2Cl)c(C)c1.[Cl-]. The fourth-order valence-corrected chi connectivity index (χ4v) is 3.52. The van der Waals surface area contributed by atoms with Gasteiger partial charge in [-0.15, -0.1) is 0 Å². The maximum absolute atomic E-state index is 12.1. The van der Waals surface area contributed by atoms with E-state index in [0.717, 1.165) is 34.5 Å². The van der Waals surface area contributed by atoms with Gasteiger partial charge >= 0.3 is 6.03 Å². The van der Waals surface area contributed by atoms with Crippen LogP contribution in [-0.4, -0.2) is 32.3 Å². The molecule has 2 amide bonds. The number of nitrogens with zero attached hydrogens (tertiary/aromatic N) is 1. The van der Waals surface area contributed by atoms with Gasteiger partial charge in [-0.25, -0.2) is 4.79 Å². The lowest BCUT2D eigenvalue weighted by atomic mass is 10.1. The predicted molar refractivity (Wildman–Crippen MR) is 121 cm³/mol. The Kier molecular flexibility index (Phi) is 11.2. The molecule has 2 aromatic rings. The smallest absolute Gasteiger partial charge is 0.319 e. The Balaban J connectivity index is 0.00000420. The highest BCUT2D eigenvalue weighted by molar-refractivity contribution is 9.10. The van der Waals surface area contributed by atoms with Gasteiger partial charge in [-0.05, 0) is 69.2 Å². The molecule has 0 saturated carbocycles. The summed E-state index contributed by atoms with van der Waals surface area (Å²) in [6.45, 7) is 9.15. The van der Waals surface area contributed by atoms with Crippen LogP contribution in [0.1, 0.15) is 25.8 Å². The lowest BCUT2D eigenvalue weighted by Gasteiger charge is -2.22. The highest BCUT2D eigenvalue weighted by Crippen LogP contribution is 2.27. The van der Waals surface area contributed by atoms with Crippen LogP contribution in [0.25, 0.3) is 0 Å². The van der Waals surface area contributed by atoms with Gasteiger partial charge in [0, 0.05) is 35.5 Å². The number of carbonyl (C=O) groups is 1. The molecule has 0 aliphatic heterocycles. The maximum Gasteiger partial charge on any atom is 0.319 e. The first-order valence-electron chi connectivity index (χ1n) is 9.42. The number of halogens is 3. The molecule has 8 heteroatoms. The summed E-state index contributed by atoms with van der Waals surface area (Å²) >= 11 is 9.47. The fourth-order valence-electron chi connectivity index (χ4n) is 2.79. The summed E-state index contributed by atoms with van der Waals surface area (Å²) < 4.78 is 6.54. The molecule has 0 bridgehead atoms. The van der Waals surface area contributed by atoms with Crippen LogP contribution in [0, 0.1) is 6.92 Å². The van der Waals surface area contributed by atoms with Gasteiger partial charge in [-0.3, -0.25) is 0 Å². The number of nitrogens with one attached hydrogen (secondary N) is 2. The summed E-state index contributed by atoms with van der Waals surface area (Å²) in [6, 6.07) is 11.3. The zero-order valence-corrected chi connectivity index (χ0v) is 20.0. The Morgan fingerprint density at radius 3 is 2.52 bits per heavy atom. The van der Waals surface area contributed by atoms with E-state index in [1.165, 1.54) is 0 Å². The molecule has 0 aliphatic rings. The van der Waals surface area contributed by atoms with Gasteiger partial charge in [-0.2, -0.15) is 0 Å². The Labute approximate surface area is 192 Å². The van der Waals surface area contributed by atoms with Crippen molar-refractivity contribution in [1.29, 1.82) is 0 Å². The highest BCUT2D eigenvalue weighted by Gasteiger charge is 2.08. The van der Waals surface area contributed by atoms with E-state index in [0.29, 0.717) is 30.3 Å². The van der Waals surface area contributed by atoms with Gasteiger partial charge in [-0.1, -0.05) is 27.5 Å². The molecule has 0 aliphatic carbocycles. The van der Waals surface area contributed by atoms with E-state index in [4.69, 9.17) is 16.3 Å². The highest BCUT2D eigenvalue weighted by atomic mass is 79.9. The first kappa shape index (κ1) is 25.4. The van der Waals surface area contributed by atoms with Crippen molar-refractivity contribution in [2.75, 3.05) is 36.5 Å². The monoisotopic (exact) mass is 502 g/mol. The fraction of sp³-hybridized carbons (Fsp3) is 0.381. The van der Waals surface area contributed by atoms with Crippen LogP contribution in [0.4, 0.5) is 16.2 Å². The normalized spacial score (nSPS) is 10.1. The summed E-state index contributed by atoms with van der Waals surface area (Å²) in [6.07, 6.45) is 0.680. The molecule has 0 fully saturated rings. The molecule has 0 aromatic heterocycles. The van der Waals surface area contributed by atoms with Gasteiger partial charge in [0.05, 0.1) is 11.6 Å². The molecule has 2 N–H and O–H groups in total. The van der Waals surface area contributed by atoms with Gasteiger partial charge < -0.3 is 32.7 Å². The predicted octanol–water partition coefficient (Wildman–Crippen LogP) is 2.85. The molecule has 2 aromatic carbocycles. The van der Waals surface area contributed by atoms with E-state index in [-0.39, 0.29) is 18.4 Å². The number of amides is 2. The number of anilines is 2. The average molecular weight is 504 g/mol. The number of benzene rings is 2. The van der Waals surface area contributed by atoms with Crippen LogP contribution in [0.5, 0.6) is 5.75 Å². The van der Waals surface area contributed by atoms with E-state index in [2.05, 4.69) is 51.4 Å². The number of rotatable bonds is 9. The van der Waals surface area contributed by atoms with Crippen molar-refractivity contribution in [3.63, 3.8) is 0 Å². The summed E-state index contributed by atoms with van der Waals surface area (Å²) in [5.74, 6) is 0.637. The van der Waals surface area contributed by atoms with Crippen molar-refractivity contribution in [2.24, 2.45) is 0 Å². The van der Waals surface area contributed by atoms with Crippen LogP contribution in [0.3, 0.4) is 0 Å². The number of carbonyl (C=O) groups excluding carboxylic acids is 1. The average Bonchev–Trinajstić information content (AvgIpc) is 2.66. The van der Waals surface area contributed by atoms with Crippen molar-refractivity contribution in [1.82, 2.24) is 5.32 Å². The van der Waals surface area contributed by atoms with E-state index in [1.54, 1.807) is 6.07 Å². The second-order valence-electron chi connectivity index (χ2n) is 6.33. The third-order valence-corrected chi connectivity index (χ3v) is 5.13. The molecule has 160 valence electrons. The van der Waals surface area contributed by atoms with E-state index in [1.807, 2.05) is 31.2 Å².